The van der Waals surface area contributed by atoms with Crippen LogP contribution < -0.4 is 5.32 Å². The number of non-ortho nitro benzene ring substituents is 1. The molecule has 0 radical (unpaired) electrons. The molecular weight excluding hydrogens is 344 g/mol. The molecule has 0 bridgehead atoms. The molecular formula is C21H14N2O4. The lowest BCUT2D eigenvalue weighted by atomic mass is 9.79. The van der Waals surface area contributed by atoms with Gasteiger partial charge >= 0.3 is 0 Å². The van der Waals surface area contributed by atoms with Crippen LogP contribution in [0.5, 0.6) is 0 Å². The van der Waals surface area contributed by atoms with E-state index in [-0.39, 0.29) is 17.3 Å². The van der Waals surface area contributed by atoms with E-state index in [4.69, 9.17) is 0 Å². The lowest BCUT2D eigenvalue weighted by molar-refractivity contribution is -0.384. The molecule has 0 spiro atoms. The molecule has 1 aliphatic heterocycles. The van der Waals surface area contributed by atoms with E-state index >= 15 is 0 Å². The molecule has 2 aromatic rings. The molecule has 6 nitrogen and oxygen atoms in total. The summed E-state index contributed by atoms with van der Waals surface area (Å²) in [5, 5.41) is 14.5. The molecule has 5 rings (SSSR count). The molecule has 2 aliphatic carbocycles. The summed E-state index contributed by atoms with van der Waals surface area (Å²) in [4.78, 5) is 36.5. The lowest BCUT2D eigenvalue weighted by Crippen LogP contribution is -2.25. The first-order valence-electron chi connectivity index (χ1n) is 8.72. The minimum Gasteiger partial charge on any atom is -0.358 e. The highest BCUT2D eigenvalue weighted by molar-refractivity contribution is 6.23. The number of benzene rings is 2. The van der Waals surface area contributed by atoms with Crippen molar-refractivity contribution in [2.75, 3.05) is 0 Å². The summed E-state index contributed by atoms with van der Waals surface area (Å²) in [6.07, 6.45) is 0.978. The van der Waals surface area contributed by atoms with E-state index < -0.39 is 10.8 Å². The average molecular weight is 358 g/mol. The highest BCUT2D eigenvalue weighted by Gasteiger charge is 2.44. The molecule has 6 heteroatoms. The van der Waals surface area contributed by atoms with Gasteiger partial charge in [-0.3, -0.25) is 19.7 Å². The van der Waals surface area contributed by atoms with Crippen molar-refractivity contribution in [2.45, 2.75) is 18.8 Å². The number of dihydropyridines is 1. The van der Waals surface area contributed by atoms with Gasteiger partial charge in [-0.15, -0.1) is 0 Å². The molecule has 0 amide bonds. The Morgan fingerprint density at radius 1 is 0.963 bits per heavy atom. The van der Waals surface area contributed by atoms with Gasteiger partial charge in [0.05, 0.1) is 10.6 Å². The standard InChI is InChI=1S/C21H14N2O4/c24-16-9-8-15-18(16)17(11-4-3-5-12(10-11)23(26)27)19-20(22-15)13-6-1-2-7-14(13)21(19)25/h1-7,10,17,22H,8-9H2. The lowest BCUT2D eigenvalue weighted by Gasteiger charge is -2.27. The zero-order valence-corrected chi connectivity index (χ0v) is 14.2. The highest BCUT2D eigenvalue weighted by atomic mass is 16.6. The van der Waals surface area contributed by atoms with E-state index in [2.05, 4.69) is 5.32 Å². The fourth-order valence-corrected chi connectivity index (χ4v) is 4.30. The van der Waals surface area contributed by atoms with E-state index in [0.717, 1.165) is 17.0 Å². The topological polar surface area (TPSA) is 89.3 Å². The van der Waals surface area contributed by atoms with Gasteiger partial charge in [-0.05, 0) is 12.0 Å². The Kier molecular flexibility index (Phi) is 3.18. The number of nitrogens with one attached hydrogen (secondary N) is 1. The number of rotatable bonds is 2. The number of hydrogen-bond donors (Lipinski definition) is 1. The number of nitro groups is 1. The first-order chi connectivity index (χ1) is 13.1. The van der Waals surface area contributed by atoms with Crippen LogP contribution in [0.4, 0.5) is 5.69 Å². The summed E-state index contributed by atoms with van der Waals surface area (Å²) in [6, 6.07) is 13.6. The number of nitrogens with zero attached hydrogens (tertiary/aromatic N) is 1. The Labute approximate surface area is 154 Å². The molecule has 1 unspecified atom stereocenters. The van der Waals surface area contributed by atoms with Gasteiger partial charge in [0, 0.05) is 52.4 Å². The van der Waals surface area contributed by atoms with Crippen molar-refractivity contribution in [3.63, 3.8) is 0 Å². The summed E-state index contributed by atoms with van der Waals surface area (Å²) < 4.78 is 0. The van der Waals surface area contributed by atoms with E-state index in [1.807, 2.05) is 18.2 Å². The van der Waals surface area contributed by atoms with Crippen LogP contribution in [0.2, 0.25) is 0 Å². The van der Waals surface area contributed by atoms with Crippen LogP contribution in [-0.4, -0.2) is 16.5 Å². The predicted octanol–water partition coefficient (Wildman–Crippen LogP) is 3.51. The monoisotopic (exact) mass is 358 g/mol. The van der Waals surface area contributed by atoms with Gasteiger partial charge < -0.3 is 5.32 Å². The summed E-state index contributed by atoms with van der Waals surface area (Å²) in [5.74, 6) is -0.716. The number of hydrogen-bond acceptors (Lipinski definition) is 5. The van der Waals surface area contributed by atoms with Crippen LogP contribution in [0, 0.1) is 10.1 Å². The van der Waals surface area contributed by atoms with E-state index in [9.17, 15) is 19.7 Å². The van der Waals surface area contributed by atoms with Gasteiger partial charge in [0.1, 0.15) is 0 Å². The first kappa shape index (κ1) is 15.7. The number of carbonyl (C=O) groups is 2. The van der Waals surface area contributed by atoms with Gasteiger partial charge in [0.2, 0.25) is 0 Å². The summed E-state index contributed by atoms with van der Waals surface area (Å²) >= 11 is 0. The number of Topliss-reactive ketones (excluding diaryl/α,β-unsaturated/α-hetero) is 2. The number of fused-ring (bicyclic) bond motifs is 2. The normalized spacial score (nSPS) is 20.4. The summed E-state index contributed by atoms with van der Waals surface area (Å²) in [7, 11) is 0. The van der Waals surface area contributed by atoms with E-state index in [0.29, 0.717) is 35.1 Å². The van der Waals surface area contributed by atoms with Crippen LogP contribution in [0.25, 0.3) is 5.70 Å². The van der Waals surface area contributed by atoms with Crippen LogP contribution in [-0.2, 0) is 4.79 Å². The molecule has 0 saturated carbocycles. The third kappa shape index (κ3) is 2.13. The summed E-state index contributed by atoms with van der Waals surface area (Å²) in [6.45, 7) is 0. The minimum absolute atomic E-state index is 0.00990. The first-order valence-corrected chi connectivity index (χ1v) is 8.72. The fraction of sp³-hybridized carbons (Fsp3) is 0.143. The maximum absolute atomic E-state index is 13.2. The van der Waals surface area contributed by atoms with Crippen molar-refractivity contribution >= 4 is 23.0 Å². The van der Waals surface area contributed by atoms with Crippen molar-refractivity contribution in [3.05, 3.63) is 92.2 Å². The molecule has 3 aliphatic rings. The second kappa shape index (κ2) is 5.48. The number of nitro benzene ring substituents is 1. The molecule has 1 N–H and O–H groups in total. The maximum Gasteiger partial charge on any atom is 0.269 e. The highest BCUT2D eigenvalue weighted by Crippen LogP contribution is 2.49. The van der Waals surface area contributed by atoms with Gasteiger partial charge in [0.25, 0.3) is 5.69 Å². The Bertz CT molecular complexity index is 1130. The third-order valence-electron chi connectivity index (χ3n) is 5.45. The molecule has 1 atom stereocenters. The van der Waals surface area contributed by atoms with Crippen molar-refractivity contribution in [2.24, 2.45) is 0 Å². The van der Waals surface area contributed by atoms with Crippen LogP contribution >= 0.6 is 0 Å². The Hall–Kier alpha value is -3.54. The van der Waals surface area contributed by atoms with Crippen molar-refractivity contribution in [1.82, 2.24) is 5.32 Å². The molecule has 27 heavy (non-hydrogen) atoms. The Morgan fingerprint density at radius 3 is 2.52 bits per heavy atom. The molecule has 0 aromatic heterocycles. The largest absolute Gasteiger partial charge is 0.358 e. The van der Waals surface area contributed by atoms with E-state index in [1.165, 1.54) is 12.1 Å². The fourth-order valence-electron chi connectivity index (χ4n) is 4.30. The van der Waals surface area contributed by atoms with E-state index in [1.54, 1.807) is 18.2 Å². The zero-order chi connectivity index (χ0) is 18.7. The average Bonchev–Trinajstić information content (AvgIpc) is 3.19. The van der Waals surface area contributed by atoms with Crippen LogP contribution in [0.3, 0.4) is 0 Å². The molecule has 2 aromatic carbocycles. The van der Waals surface area contributed by atoms with Crippen LogP contribution in [0.1, 0.15) is 40.2 Å². The number of allylic oxidation sites excluding steroid dienone is 3. The molecule has 0 fully saturated rings. The smallest absolute Gasteiger partial charge is 0.269 e. The van der Waals surface area contributed by atoms with Gasteiger partial charge in [0.15, 0.2) is 11.6 Å². The SMILES string of the molecule is O=C1CCC2=C1C(c1cccc([N+](=O)[O-])c1)C1=C(N2)c2ccccc2C1=O. The Morgan fingerprint density at radius 2 is 1.74 bits per heavy atom. The predicted molar refractivity (Wildman–Crippen MR) is 97.9 cm³/mol. The minimum atomic E-state index is -0.578. The van der Waals surface area contributed by atoms with Gasteiger partial charge in [-0.1, -0.05) is 36.4 Å². The molecule has 132 valence electrons. The van der Waals surface area contributed by atoms with Gasteiger partial charge in [-0.2, -0.15) is 0 Å². The van der Waals surface area contributed by atoms with Crippen LogP contribution in [0.15, 0.2) is 65.4 Å². The second-order valence-corrected chi connectivity index (χ2v) is 6.89. The quantitative estimate of drug-likeness (QED) is 0.655. The van der Waals surface area contributed by atoms with Crippen molar-refractivity contribution in [3.8, 4) is 0 Å². The molecule has 1 heterocycles. The van der Waals surface area contributed by atoms with Crippen molar-refractivity contribution < 1.29 is 14.5 Å². The second-order valence-electron chi connectivity index (χ2n) is 6.89. The van der Waals surface area contributed by atoms with Crippen molar-refractivity contribution in [1.29, 1.82) is 0 Å². The summed E-state index contributed by atoms with van der Waals surface area (Å²) in [5.41, 5.74) is 4.57. The zero-order valence-electron chi connectivity index (χ0n) is 14.2. The molecule has 0 saturated heterocycles. The maximum atomic E-state index is 13.2. The number of carbonyl (C=O) groups excluding carboxylic acids is 2. The number of ketones is 2. The third-order valence-corrected chi connectivity index (χ3v) is 5.45. The Balaban J connectivity index is 1.75. The van der Waals surface area contributed by atoms with Gasteiger partial charge in [-0.25, -0.2) is 0 Å².